The summed E-state index contributed by atoms with van der Waals surface area (Å²) in [5, 5.41) is 2.97. The summed E-state index contributed by atoms with van der Waals surface area (Å²) in [4.78, 5) is 28.6. The number of thioether (sulfide) groups is 1. The Balaban J connectivity index is 2.04. The van der Waals surface area contributed by atoms with Crippen LogP contribution >= 0.6 is 11.8 Å². The molecule has 2 aromatic heterocycles. The zero-order chi connectivity index (χ0) is 17.4. The lowest BCUT2D eigenvalue weighted by Crippen LogP contribution is -2.32. The van der Waals surface area contributed by atoms with Crippen molar-refractivity contribution in [2.24, 2.45) is 0 Å². The van der Waals surface area contributed by atoms with Crippen molar-refractivity contribution >= 4 is 23.6 Å². The molecule has 0 aliphatic rings. The van der Waals surface area contributed by atoms with Crippen LogP contribution < -0.4 is 5.32 Å². The SMILES string of the molecule is CCOC(=O)c1cccnc1S[C@H](CC)C(=O)NCc1ccco1. The fourth-order valence-corrected chi connectivity index (χ4v) is 3.03. The molecule has 7 heteroatoms. The van der Waals surface area contributed by atoms with Gasteiger partial charge in [-0.25, -0.2) is 9.78 Å². The fourth-order valence-electron chi connectivity index (χ4n) is 2.01. The highest BCUT2D eigenvalue weighted by molar-refractivity contribution is 8.00. The van der Waals surface area contributed by atoms with E-state index in [1.165, 1.54) is 11.8 Å². The molecule has 0 bridgehead atoms. The Morgan fingerprint density at radius 2 is 2.17 bits per heavy atom. The fraction of sp³-hybridized carbons (Fsp3) is 0.353. The first-order chi connectivity index (χ1) is 11.7. The molecule has 1 N–H and O–H groups in total. The predicted molar refractivity (Wildman–Crippen MR) is 90.7 cm³/mol. The monoisotopic (exact) mass is 348 g/mol. The Morgan fingerprint density at radius 1 is 1.33 bits per heavy atom. The van der Waals surface area contributed by atoms with Crippen molar-refractivity contribution in [1.29, 1.82) is 0 Å². The smallest absolute Gasteiger partial charge is 0.340 e. The van der Waals surface area contributed by atoms with Gasteiger partial charge in [0.05, 0.1) is 30.2 Å². The van der Waals surface area contributed by atoms with E-state index in [-0.39, 0.29) is 11.2 Å². The topological polar surface area (TPSA) is 81.4 Å². The second-order valence-corrected chi connectivity index (χ2v) is 6.08. The maximum Gasteiger partial charge on any atom is 0.340 e. The molecule has 2 aromatic rings. The highest BCUT2D eigenvalue weighted by atomic mass is 32.2. The van der Waals surface area contributed by atoms with Crippen molar-refractivity contribution < 1.29 is 18.7 Å². The van der Waals surface area contributed by atoms with Gasteiger partial charge < -0.3 is 14.5 Å². The average molecular weight is 348 g/mol. The summed E-state index contributed by atoms with van der Waals surface area (Å²) < 4.78 is 10.2. The van der Waals surface area contributed by atoms with Crippen LogP contribution in [0.4, 0.5) is 0 Å². The molecular formula is C17H20N2O4S. The van der Waals surface area contributed by atoms with Gasteiger partial charge in [-0.05, 0) is 37.6 Å². The van der Waals surface area contributed by atoms with E-state index in [0.29, 0.717) is 35.9 Å². The van der Waals surface area contributed by atoms with Crippen molar-refractivity contribution in [2.75, 3.05) is 6.61 Å². The maximum atomic E-state index is 12.4. The predicted octanol–water partition coefficient (Wildman–Crippen LogP) is 3.04. The molecule has 2 rings (SSSR count). The summed E-state index contributed by atoms with van der Waals surface area (Å²) >= 11 is 1.26. The number of esters is 1. The second kappa shape index (κ2) is 9.12. The van der Waals surface area contributed by atoms with Crippen LogP contribution in [-0.2, 0) is 16.1 Å². The van der Waals surface area contributed by atoms with Gasteiger partial charge in [0.1, 0.15) is 10.8 Å². The van der Waals surface area contributed by atoms with Crippen LogP contribution in [0.2, 0.25) is 0 Å². The number of ether oxygens (including phenoxy) is 1. The Morgan fingerprint density at radius 3 is 2.83 bits per heavy atom. The summed E-state index contributed by atoms with van der Waals surface area (Å²) in [5.74, 6) is 0.131. The number of pyridine rings is 1. The third-order valence-corrected chi connectivity index (χ3v) is 4.58. The number of aromatic nitrogens is 1. The Bertz CT molecular complexity index is 673. The van der Waals surface area contributed by atoms with Crippen molar-refractivity contribution in [3.8, 4) is 0 Å². The quantitative estimate of drug-likeness (QED) is 0.583. The molecule has 2 heterocycles. The summed E-state index contributed by atoms with van der Waals surface area (Å²) in [7, 11) is 0. The molecule has 6 nitrogen and oxygen atoms in total. The number of carbonyl (C=O) groups excluding carboxylic acids is 2. The first-order valence-corrected chi connectivity index (χ1v) is 8.62. The van der Waals surface area contributed by atoms with Gasteiger partial charge in [0, 0.05) is 6.20 Å². The minimum Gasteiger partial charge on any atom is -0.467 e. The lowest BCUT2D eigenvalue weighted by Gasteiger charge is -2.15. The number of nitrogens with zero attached hydrogens (tertiary/aromatic N) is 1. The summed E-state index contributed by atoms with van der Waals surface area (Å²) in [6.07, 6.45) is 3.76. The van der Waals surface area contributed by atoms with E-state index in [2.05, 4.69) is 10.3 Å². The van der Waals surface area contributed by atoms with Crippen molar-refractivity contribution in [3.63, 3.8) is 0 Å². The van der Waals surface area contributed by atoms with Crippen molar-refractivity contribution in [3.05, 3.63) is 48.0 Å². The van der Waals surface area contributed by atoms with Crippen LogP contribution in [0.15, 0.2) is 46.2 Å². The number of hydrogen-bond acceptors (Lipinski definition) is 6. The van der Waals surface area contributed by atoms with Crippen LogP contribution in [0.5, 0.6) is 0 Å². The molecule has 0 saturated heterocycles. The molecule has 24 heavy (non-hydrogen) atoms. The summed E-state index contributed by atoms with van der Waals surface area (Å²) in [6.45, 7) is 4.28. The van der Waals surface area contributed by atoms with Crippen molar-refractivity contribution in [2.45, 2.75) is 37.1 Å². The van der Waals surface area contributed by atoms with Crippen LogP contribution in [0.25, 0.3) is 0 Å². The Kier molecular flexibility index (Phi) is 6.87. The highest BCUT2D eigenvalue weighted by Crippen LogP contribution is 2.27. The van der Waals surface area contributed by atoms with Gasteiger partial charge in [-0.1, -0.05) is 18.7 Å². The first-order valence-electron chi connectivity index (χ1n) is 7.74. The number of amides is 1. The molecule has 0 spiro atoms. The minimum absolute atomic E-state index is 0.126. The second-order valence-electron chi connectivity index (χ2n) is 4.89. The number of furan rings is 1. The van der Waals surface area contributed by atoms with Gasteiger partial charge >= 0.3 is 5.97 Å². The van der Waals surface area contributed by atoms with Crippen molar-refractivity contribution in [1.82, 2.24) is 10.3 Å². The van der Waals surface area contributed by atoms with Gasteiger partial charge in [0.15, 0.2) is 0 Å². The van der Waals surface area contributed by atoms with Crippen LogP contribution in [-0.4, -0.2) is 28.7 Å². The molecular weight excluding hydrogens is 328 g/mol. The van der Waals surface area contributed by atoms with E-state index < -0.39 is 5.97 Å². The molecule has 0 unspecified atom stereocenters. The largest absolute Gasteiger partial charge is 0.467 e. The molecule has 0 aliphatic heterocycles. The highest BCUT2D eigenvalue weighted by Gasteiger charge is 2.22. The standard InChI is InChI=1S/C17H20N2O4S/c1-3-14(15(20)19-11-12-7-6-10-23-12)24-16-13(8-5-9-18-16)17(21)22-4-2/h5-10,14H,3-4,11H2,1-2H3,(H,19,20)/t14-/m1/s1. The summed E-state index contributed by atoms with van der Waals surface area (Å²) in [5.41, 5.74) is 0.377. The van der Waals surface area contributed by atoms with Gasteiger partial charge in [-0.15, -0.1) is 0 Å². The third-order valence-electron chi connectivity index (χ3n) is 3.20. The van der Waals surface area contributed by atoms with E-state index in [9.17, 15) is 9.59 Å². The van der Waals surface area contributed by atoms with Gasteiger partial charge in [-0.3, -0.25) is 4.79 Å². The van der Waals surface area contributed by atoms with Gasteiger partial charge in [-0.2, -0.15) is 0 Å². The zero-order valence-electron chi connectivity index (χ0n) is 13.7. The van der Waals surface area contributed by atoms with E-state index >= 15 is 0 Å². The lowest BCUT2D eigenvalue weighted by atomic mass is 10.3. The van der Waals surface area contributed by atoms with Gasteiger partial charge in [0.2, 0.25) is 5.91 Å². The number of nitrogens with one attached hydrogen (secondary N) is 1. The Labute approximate surface area is 145 Å². The van der Waals surface area contributed by atoms with Gasteiger partial charge in [0.25, 0.3) is 0 Å². The zero-order valence-corrected chi connectivity index (χ0v) is 14.5. The molecule has 1 atom stereocenters. The molecule has 0 aliphatic carbocycles. The molecule has 0 fully saturated rings. The van der Waals surface area contributed by atoms with E-state index in [0.717, 1.165) is 0 Å². The van der Waals surface area contributed by atoms with E-state index in [4.69, 9.17) is 9.15 Å². The number of rotatable bonds is 8. The average Bonchev–Trinajstić information content (AvgIpc) is 3.11. The molecule has 0 saturated carbocycles. The number of carbonyl (C=O) groups is 2. The summed E-state index contributed by atoms with van der Waals surface area (Å²) in [6, 6.07) is 6.90. The van der Waals surface area contributed by atoms with Crippen LogP contribution in [0.1, 0.15) is 36.4 Å². The lowest BCUT2D eigenvalue weighted by molar-refractivity contribution is -0.120. The molecule has 1 amide bonds. The van der Waals surface area contributed by atoms with Crippen LogP contribution in [0.3, 0.4) is 0 Å². The molecule has 0 radical (unpaired) electrons. The van der Waals surface area contributed by atoms with E-state index in [1.54, 1.807) is 43.6 Å². The first kappa shape index (κ1) is 18.1. The van der Waals surface area contributed by atoms with Crippen LogP contribution in [0, 0.1) is 0 Å². The minimum atomic E-state index is -0.432. The maximum absolute atomic E-state index is 12.4. The molecule has 0 aromatic carbocycles. The molecule has 128 valence electrons. The normalized spacial score (nSPS) is 11.8. The number of hydrogen-bond donors (Lipinski definition) is 1. The van der Waals surface area contributed by atoms with E-state index in [1.807, 2.05) is 6.92 Å². The Hall–Kier alpha value is -2.28. The third kappa shape index (κ3) is 4.86.